The molecule has 0 saturated carbocycles. The largest absolute Gasteiger partial charge is 0.240 e. The summed E-state index contributed by atoms with van der Waals surface area (Å²) in [6.45, 7) is 1.89. The molecule has 2 rings (SSSR count). The average molecular weight is 265 g/mol. The Bertz CT molecular complexity index is 666. The highest BCUT2D eigenvalue weighted by Gasteiger charge is 2.11. The summed E-state index contributed by atoms with van der Waals surface area (Å²) in [4.78, 5) is 4.50. The van der Waals surface area contributed by atoms with Crippen LogP contribution in [0.25, 0.3) is 11.3 Å². The quantitative estimate of drug-likeness (QED) is 0.796. The lowest BCUT2D eigenvalue weighted by atomic mass is 10.1. The van der Waals surface area contributed by atoms with Gasteiger partial charge in [-0.15, -0.1) is 0 Å². The highest BCUT2D eigenvalue weighted by atomic mass is 32.2. The molecule has 0 amide bonds. The summed E-state index contributed by atoms with van der Waals surface area (Å²) in [5.41, 5.74) is 3.28. The third-order valence-electron chi connectivity index (χ3n) is 2.64. The van der Waals surface area contributed by atoms with E-state index < -0.39 is 0 Å². The van der Waals surface area contributed by atoms with Crippen LogP contribution in [-0.4, -0.2) is 10.7 Å². The molecule has 4 heteroatoms. The zero-order chi connectivity index (χ0) is 13.7. The van der Waals surface area contributed by atoms with Gasteiger partial charge in [0, 0.05) is 5.56 Å². The van der Waals surface area contributed by atoms with Crippen LogP contribution in [-0.2, 0) is 0 Å². The molecule has 0 aliphatic rings. The van der Waals surface area contributed by atoms with Gasteiger partial charge in [-0.05, 0) is 18.6 Å². The van der Waals surface area contributed by atoms with E-state index in [0.29, 0.717) is 16.3 Å². The fourth-order valence-electron chi connectivity index (χ4n) is 1.74. The molecule has 1 heterocycles. The van der Waals surface area contributed by atoms with Crippen molar-refractivity contribution in [1.82, 2.24) is 4.98 Å². The van der Waals surface area contributed by atoms with E-state index in [-0.39, 0.29) is 0 Å². The maximum atomic E-state index is 9.17. The Labute approximate surface area is 116 Å². The highest BCUT2D eigenvalue weighted by molar-refractivity contribution is 7.99. The number of hydrogen-bond donors (Lipinski definition) is 0. The molecular formula is C15H11N3S. The number of thioether (sulfide) groups is 1. The molecule has 0 atom stereocenters. The lowest BCUT2D eigenvalue weighted by Crippen LogP contribution is -1.95. The number of rotatable bonds is 3. The summed E-state index contributed by atoms with van der Waals surface area (Å²) < 4.78 is 0. The maximum Gasteiger partial charge on any atom is 0.116 e. The Balaban J connectivity index is 2.52. The van der Waals surface area contributed by atoms with Crippen LogP contribution in [0.2, 0.25) is 0 Å². The number of pyridine rings is 1. The van der Waals surface area contributed by atoms with Crippen LogP contribution >= 0.6 is 11.8 Å². The van der Waals surface area contributed by atoms with Crippen LogP contribution in [0, 0.1) is 29.6 Å². The SMILES string of the molecule is Cc1cc(-c2ccccc2)nc(SCC#N)c1C#N. The average Bonchev–Trinajstić information content (AvgIpc) is 2.45. The first-order valence-electron chi connectivity index (χ1n) is 5.73. The molecule has 19 heavy (non-hydrogen) atoms. The van der Waals surface area contributed by atoms with Gasteiger partial charge in [0.2, 0.25) is 0 Å². The molecule has 0 N–H and O–H groups in total. The van der Waals surface area contributed by atoms with Crippen molar-refractivity contribution in [1.29, 1.82) is 10.5 Å². The monoisotopic (exact) mass is 265 g/mol. The van der Waals surface area contributed by atoms with Crippen molar-refractivity contribution in [3.8, 4) is 23.4 Å². The van der Waals surface area contributed by atoms with Gasteiger partial charge in [0.1, 0.15) is 11.1 Å². The fourth-order valence-corrected chi connectivity index (χ4v) is 2.46. The van der Waals surface area contributed by atoms with Crippen molar-refractivity contribution in [3.63, 3.8) is 0 Å². The minimum Gasteiger partial charge on any atom is -0.240 e. The second-order valence-electron chi connectivity index (χ2n) is 3.93. The van der Waals surface area contributed by atoms with E-state index in [1.165, 1.54) is 11.8 Å². The number of aryl methyl sites for hydroxylation is 1. The topological polar surface area (TPSA) is 60.5 Å². The van der Waals surface area contributed by atoms with Gasteiger partial charge in [0.05, 0.1) is 23.1 Å². The van der Waals surface area contributed by atoms with Gasteiger partial charge in [-0.25, -0.2) is 4.98 Å². The van der Waals surface area contributed by atoms with Crippen molar-refractivity contribution in [2.45, 2.75) is 11.9 Å². The maximum absolute atomic E-state index is 9.17. The number of nitriles is 2. The minimum absolute atomic E-state index is 0.291. The highest BCUT2D eigenvalue weighted by Crippen LogP contribution is 2.27. The molecule has 0 aliphatic carbocycles. The van der Waals surface area contributed by atoms with Gasteiger partial charge in [-0.1, -0.05) is 42.1 Å². The van der Waals surface area contributed by atoms with Crippen molar-refractivity contribution >= 4 is 11.8 Å². The van der Waals surface area contributed by atoms with Crippen LogP contribution in [0.4, 0.5) is 0 Å². The Kier molecular flexibility index (Phi) is 4.18. The van der Waals surface area contributed by atoms with Gasteiger partial charge >= 0.3 is 0 Å². The van der Waals surface area contributed by atoms with Crippen molar-refractivity contribution < 1.29 is 0 Å². The minimum atomic E-state index is 0.291. The van der Waals surface area contributed by atoms with Crippen molar-refractivity contribution in [3.05, 3.63) is 47.5 Å². The Morgan fingerprint density at radius 3 is 2.58 bits per heavy atom. The lowest BCUT2D eigenvalue weighted by molar-refractivity contribution is 1.09. The number of nitrogens with zero attached hydrogens (tertiary/aromatic N) is 3. The third-order valence-corrected chi connectivity index (χ3v) is 3.48. The van der Waals surface area contributed by atoms with E-state index in [1.807, 2.05) is 43.3 Å². The molecule has 0 aliphatic heterocycles. The Morgan fingerprint density at radius 1 is 1.21 bits per heavy atom. The van der Waals surface area contributed by atoms with Crippen LogP contribution in [0.5, 0.6) is 0 Å². The van der Waals surface area contributed by atoms with Crippen LogP contribution in [0.15, 0.2) is 41.4 Å². The summed E-state index contributed by atoms with van der Waals surface area (Å²) in [5.74, 6) is 0.291. The molecule has 0 spiro atoms. The molecule has 2 aromatic rings. The summed E-state index contributed by atoms with van der Waals surface area (Å²) >= 11 is 1.30. The number of benzene rings is 1. The molecule has 0 bridgehead atoms. The zero-order valence-electron chi connectivity index (χ0n) is 10.4. The van der Waals surface area contributed by atoms with E-state index in [0.717, 1.165) is 16.8 Å². The first-order valence-corrected chi connectivity index (χ1v) is 6.71. The van der Waals surface area contributed by atoms with E-state index in [4.69, 9.17) is 5.26 Å². The summed E-state index contributed by atoms with van der Waals surface area (Å²) in [6, 6.07) is 15.9. The predicted octanol–water partition coefficient (Wildman–Crippen LogP) is 3.54. The first kappa shape index (κ1) is 13.1. The predicted molar refractivity (Wildman–Crippen MR) is 75.5 cm³/mol. The van der Waals surface area contributed by atoms with Crippen LogP contribution < -0.4 is 0 Å². The molecule has 1 aromatic heterocycles. The van der Waals surface area contributed by atoms with E-state index in [2.05, 4.69) is 17.1 Å². The van der Waals surface area contributed by atoms with Gasteiger partial charge in [-0.2, -0.15) is 10.5 Å². The van der Waals surface area contributed by atoms with Crippen LogP contribution in [0.3, 0.4) is 0 Å². The molecule has 0 fully saturated rings. The Hall–Kier alpha value is -2.30. The molecule has 0 radical (unpaired) electrons. The second kappa shape index (κ2) is 6.04. The van der Waals surface area contributed by atoms with Gasteiger partial charge < -0.3 is 0 Å². The number of hydrogen-bond acceptors (Lipinski definition) is 4. The van der Waals surface area contributed by atoms with Crippen molar-refractivity contribution in [2.75, 3.05) is 5.75 Å². The normalized spacial score (nSPS) is 9.63. The lowest BCUT2D eigenvalue weighted by Gasteiger charge is -2.08. The first-order chi connectivity index (χ1) is 9.26. The van der Waals surface area contributed by atoms with E-state index in [9.17, 15) is 5.26 Å². The van der Waals surface area contributed by atoms with Gasteiger partial charge in [0.25, 0.3) is 0 Å². The van der Waals surface area contributed by atoms with E-state index >= 15 is 0 Å². The smallest absolute Gasteiger partial charge is 0.116 e. The Morgan fingerprint density at radius 2 is 1.95 bits per heavy atom. The summed E-state index contributed by atoms with van der Waals surface area (Å²) in [7, 11) is 0. The van der Waals surface area contributed by atoms with Gasteiger partial charge in [-0.3, -0.25) is 0 Å². The zero-order valence-corrected chi connectivity index (χ0v) is 11.2. The summed E-state index contributed by atoms with van der Waals surface area (Å²) in [6.07, 6.45) is 0. The van der Waals surface area contributed by atoms with Crippen molar-refractivity contribution in [2.24, 2.45) is 0 Å². The molecule has 0 saturated heterocycles. The van der Waals surface area contributed by atoms with E-state index in [1.54, 1.807) is 0 Å². The number of aromatic nitrogens is 1. The molecular weight excluding hydrogens is 254 g/mol. The standard InChI is InChI=1S/C15H11N3S/c1-11-9-14(12-5-3-2-4-6-12)18-15(13(11)10-17)19-8-7-16/h2-6,9H,8H2,1H3. The molecule has 1 aromatic carbocycles. The van der Waals surface area contributed by atoms with Crippen LogP contribution in [0.1, 0.15) is 11.1 Å². The fraction of sp³-hybridized carbons (Fsp3) is 0.133. The third kappa shape index (κ3) is 2.93. The molecule has 3 nitrogen and oxygen atoms in total. The van der Waals surface area contributed by atoms with Gasteiger partial charge in [0.15, 0.2) is 0 Å². The summed E-state index contributed by atoms with van der Waals surface area (Å²) in [5, 5.41) is 18.5. The second-order valence-corrected chi connectivity index (χ2v) is 4.89. The molecule has 92 valence electrons. The molecule has 0 unspecified atom stereocenters.